The summed E-state index contributed by atoms with van der Waals surface area (Å²) in [5, 5.41) is 9.66. The van der Waals surface area contributed by atoms with E-state index in [9.17, 15) is 13.2 Å². The Hall–Kier alpha value is -1.94. The van der Waals surface area contributed by atoms with Gasteiger partial charge in [-0.2, -0.15) is 4.31 Å². The number of hydrogen-bond donors (Lipinski definition) is 2. The van der Waals surface area contributed by atoms with E-state index in [4.69, 9.17) is 4.52 Å². The lowest BCUT2D eigenvalue weighted by molar-refractivity contribution is 0.0940. The molecule has 0 spiro atoms. The van der Waals surface area contributed by atoms with Crippen molar-refractivity contribution >= 4 is 28.3 Å². The topological polar surface area (TPSA) is 105 Å². The molecule has 1 amide bonds. The average molecular weight is 401 g/mol. The van der Waals surface area contributed by atoms with Gasteiger partial charge in [0.25, 0.3) is 5.91 Å². The molecule has 1 aliphatic heterocycles. The molecule has 26 heavy (non-hydrogen) atoms. The number of halogens is 1. The highest BCUT2D eigenvalue weighted by molar-refractivity contribution is 7.89. The molecular formula is C16H21ClN4O4S. The molecule has 0 saturated carbocycles. The maximum absolute atomic E-state index is 12.6. The van der Waals surface area contributed by atoms with E-state index in [1.807, 2.05) is 0 Å². The smallest absolute Gasteiger partial charge is 0.251 e. The van der Waals surface area contributed by atoms with E-state index in [1.165, 1.54) is 41.8 Å². The van der Waals surface area contributed by atoms with E-state index in [2.05, 4.69) is 15.8 Å². The Morgan fingerprint density at radius 3 is 2.65 bits per heavy atom. The van der Waals surface area contributed by atoms with E-state index in [1.54, 1.807) is 6.07 Å². The number of carbonyl (C=O) groups excluding carboxylic acids is 1. The average Bonchev–Trinajstić information content (AvgIpc) is 3.29. The maximum atomic E-state index is 12.6. The van der Waals surface area contributed by atoms with Crippen LogP contribution in [0.15, 0.2) is 45.9 Å². The van der Waals surface area contributed by atoms with Gasteiger partial charge in [0.15, 0.2) is 5.76 Å². The number of carbonyl (C=O) groups is 1. The molecule has 1 aliphatic rings. The molecule has 3 rings (SSSR count). The summed E-state index contributed by atoms with van der Waals surface area (Å²) < 4.78 is 31.3. The van der Waals surface area contributed by atoms with E-state index in [-0.39, 0.29) is 35.8 Å². The lowest BCUT2D eigenvalue weighted by atomic mass is 10.2. The number of benzene rings is 1. The highest BCUT2D eigenvalue weighted by Crippen LogP contribution is 2.17. The van der Waals surface area contributed by atoms with Crippen LogP contribution in [0, 0.1) is 0 Å². The molecule has 8 nitrogen and oxygen atoms in total. The zero-order valence-electron chi connectivity index (χ0n) is 14.2. The van der Waals surface area contributed by atoms with Gasteiger partial charge < -0.3 is 15.2 Å². The van der Waals surface area contributed by atoms with Crippen LogP contribution >= 0.6 is 12.4 Å². The minimum Gasteiger partial charge on any atom is -0.360 e. The molecule has 142 valence electrons. The van der Waals surface area contributed by atoms with Gasteiger partial charge >= 0.3 is 0 Å². The summed E-state index contributed by atoms with van der Waals surface area (Å²) in [6.45, 7) is 1.73. The van der Waals surface area contributed by atoms with Crippen LogP contribution < -0.4 is 10.6 Å². The largest absolute Gasteiger partial charge is 0.360 e. The van der Waals surface area contributed by atoms with Crippen LogP contribution in [0.5, 0.6) is 0 Å². The van der Waals surface area contributed by atoms with Gasteiger partial charge in [-0.3, -0.25) is 4.79 Å². The lowest BCUT2D eigenvalue weighted by Crippen LogP contribution is -2.36. The first kappa shape index (κ1) is 20.4. The summed E-state index contributed by atoms with van der Waals surface area (Å²) >= 11 is 0. The van der Waals surface area contributed by atoms with Crippen LogP contribution in [0.2, 0.25) is 0 Å². The monoisotopic (exact) mass is 400 g/mol. The van der Waals surface area contributed by atoms with Gasteiger partial charge in [-0.1, -0.05) is 5.16 Å². The number of hydrogen-bond acceptors (Lipinski definition) is 6. The van der Waals surface area contributed by atoms with Crippen LogP contribution in [0.3, 0.4) is 0 Å². The summed E-state index contributed by atoms with van der Waals surface area (Å²) in [6, 6.07) is 7.64. The van der Waals surface area contributed by atoms with Crippen molar-refractivity contribution < 1.29 is 17.7 Å². The van der Waals surface area contributed by atoms with Crippen molar-refractivity contribution in [1.82, 2.24) is 20.1 Å². The second kappa shape index (κ2) is 8.63. The third-order valence-electron chi connectivity index (χ3n) is 4.09. The Labute approximate surface area is 158 Å². The van der Waals surface area contributed by atoms with Crippen LogP contribution in [-0.2, 0) is 16.6 Å². The zero-order valence-corrected chi connectivity index (χ0v) is 15.8. The molecule has 1 aromatic carbocycles. The van der Waals surface area contributed by atoms with Crippen molar-refractivity contribution in [3.63, 3.8) is 0 Å². The maximum Gasteiger partial charge on any atom is 0.251 e. The van der Waals surface area contributed by atoms with Crippen molar-refractivity contribution in [2.75, 3.05) is 20.1 Å². The van der Waals surface area contributed by atoms with E-state index in [0.29, 0.717) is 11.3 Å². The second-order valence-corrected chi connectivity index (χ2v) is 7.97. The molecule has 0 radical (unpaired) electrons. The van der Waals surface area contributed by atoms with Gasteiger partial charge in [0.05, 0.1) is 17.6 Å². The Balaban J connectivity index is 0.00000243. The second-order valence-electron chi connectivity index (χ2n) is 5.93. The van der Waals surface area contributed by atoms with Crippen LogP contribution in [0.25, 0.3) is 0 Å². The SMILES string of the molecule is CN(Cc1ccno1)S(=O)(=O)c1ccc(C(=O)N[C@H]2CCNC2)cc1.Cl. The van der Waals surface area contributed by atoms with Crippen LogP contribution in [0.1, 0.15) is 22.5 Å². The van der Waals surface area contributed by atoms with E-state index < -0.39 is 10.0 Å². The minimum atomic E-state index is -3.68. The highest BCUT2D eigenvalue weighted by Gasteiger charge is 2.23. The molecule has 1 fully saturated rings. The normalized spacial score (nSPS) is 17.1. The summed E-state index contributed by atoms with van der Waals surface area (Å²) in [4.78, 5) is 12.3. The van der Waals surface area contributed by atoms with Gasteiger partial charge in [0.2, 0.25) is 10.0 Å². The predicted molar refractivity (Wildman–Crippen MR) is 97.6 cm³/mol. The van der Waals surface area contributed by atoms with Crippen LogP contribution in [0.4, 0.5) is 0 Å². The molecule has 1 atom stereocenters. The quantitative estimate of drug-likeness (QED) is 0.749. The molecule has 2 heterocycles. The first-order chi connectivity index (χ1) is 12.0. The van der Waals surface area contributed by atoms with Crippen molar-refractivity contribution in [3.8, 4) is 0 Å². The molecule has 0 aliphatic carbocycles. The van der Waals surface area contributed by atoms with Crippen molar-refractivity contribution in [2.24, 2.45) is 0 Å². The number of nitrogens with zero attached hydrogens (tertiary/aromatic N) is 2. The van der Waals surface area contributed by atoms with Gasteiger partial charge in [0.1, 0.15) is 0 Å². The summed E-state index contributed by atoms with van der Waals surface area (Å²) in [5.74, 6) is 0.250. The first-order valence-electron chi connectivity index (χ1n) is 7.94. The Bertz CT molecular complexity index is 818. The standard InChI is InChI=1S/C16H20N4O4S.ClH/c1-20(11-14-7-9-18-24-14)25(22,23)15-4-2-12(3-5-15)16(21)19-13-6-8-17-10-13;/h2-5,7,9,13,17H,6,8,10-11H2,1H3,(H,19,21);1H/t13-;/m0./s1. The Morgan fingerprint density at radius 1 is 1.35 bits per heavy atom. The lowest BCUT2D eigenvalue weighted by Gasteiger charge is -2.16. The third kappa shape index (κ3) is 4.61. The molecule has 2 aromatic rings. The van der Waals surface area contributed by atoms with E-state index >= 15 is 0 Å². The fourth-order valence-corrected chi connectivity index (χ4v) is 3.77. The minimum absolute atomic E-state index is 0. The number of rotatable bonds is 6. The molecule has 1 saturated heterocycles. The van der Waals surface area contributed by atoms with Crippen molar-refractivity contribution in [3.05, 3.63) is 47.9 Å². The summed E-state index contributed by atoms with van der Waals surface area (Å²) in [7, 11) is -2.21. The molecule has 10 heteroatoms. The fourth-order valence-electron chi connectivity index (χ4n) is 2.63. The highest BCUT2D eigenvalue weighted by atomic mass is 35.5. The third-order valence-corrected chi connectivity index (χ3v) is 5.91. The number of aromatic nitrogens is 1. The summed E-state index contributed by atoms with van der Waals surface area (Å²) in [6.07, 6.45) is 2.35. The molecule has 0 unspecified atom stereocenters. The predicted octanol–water partition coefficient (Wildman–Crippen LogP) is 1.01. The first-order valence-corrected chi connectivity index (χ1v) is 9.38. The van der Waals surface area contributed by atoms with Crippen molar-refractivity contribution in [2.45, 2.75) is 23.9 Å². The fraction of sp³-hybridized carbons (Fsp3) is 0.375. The van der Waals surface area contributed by atoms with Gasteiger partial charge in [-0.25, -0.2) is 8.42 Å². The molecule has 0 bridgehead atoms. The number of sulfonamides is 1. The molecular weight excluding hydrogens is 380 g/mol. The number of nitrogens with one attached hydrogen (secondary N) is 2. The Kier molecular flexibility index (Phi) is 6.76. The zero-order chi connectivity index (χ0) is 17.9. The number of amides is 1. The van der Waals surface area contributed by atoms with Gasteiger partial charge in [-0.15, -0.1) is 12.4 Å². The summed E-state index contributed by atoms with van der Waals surface area (Å²) in [5.41, 5.74) is 0.434. The van der Waals surface area contributed by atoms with E-state index in [0.717, 1.165) is 19.5 Å². The molecule has 1 aromatic heterocycles. The Morgan fingerprint density at radius 2 is 2.08 bits per heavy atom. The van der Waals surface area contributed by atoms with Crippen LogP contribution in [-0.4, -0.2) is 50.0 Å². The van der Waals surface area contributed by atoms with Gasteiger partial charge in [-0.05, 0) is 37.2 Å². The van der Waals surface area contributed by atoms with Gasteiger partial charge in [0, 0.05) is 31.3 Å². The molecule has 2 N–H and O–H groups in total. The van der Waals surface area contributed by atoms with Crippen molar-refractivity contribution in [1.29, 1.82) is 0 Å².